The fraction of sp³-hybridized carbons (Fsp3) is 0.269. The summed E-state index contributed by atoms with van der Waals surface area (Å²) in [4.78, 5) is 15.7. The predicted octanol–water partition coefficient (Wildman–Crippen LogP) is 6.16. The van der Waals surface area contributed by atoms with Crippen LogP contribution < -0.4 is 10.2 Å². The normalized spacial score (nSPS) is 19.3. The first kappa shape index (κ1) is 19.3. The summed E-state index contributed by atoms with van der Waals surface area (Å²) in [6.07, 6.45) is 1.67. The molecular weight excluding hydrogens is 356 g/mol. The zero-order chi connectivity index (χ0) is 20.2. The van der Waals surface area contributed by atoms with Gasteiger partial charge >= 0.3 is 0 Å². The molecule has 3 aromatic rings. The van der Waals surface area contributed by atoms with Gasteiger partial charge in [0.25, 0.3) is 0 Å². The summed E-state index contributed by atoms with van der Waals surface area (Å²) >= 11 is 0. The molecule has 1 amide bonds. The highest BCUT2D eigenvalue weighted by molar-refractivity contribution is 5.99. The summed E-state index contributed by atoms with van der Waals surface area (Å²) in [6.45, 7) is 4.25. The Hall–Kier alpha value is -3.07. The van der Waals surface area contributed by atoms with Crippen molar-refractivity contribution in [2.45, 2.75) is 44.7 Å². The lowest BCUT2D eigenvalue weighted by molar-refractivity contribution is -0.120. The first-order chi connectivity index (χ1) is 14.2. The highest BCUT2D eigenvalue weighted by atomic mass is 16.2. The number of carbonyl (C=O) groups excluding carboxylic acids is 1. The van der Waals surface area contributed by atoms with Gasteiger partial charge in [0, 0.05) is 17.4 Å². The maximum Gasteiger partial charge on any atom is 0.234 e. The van der Waals surface area contributed by atoms with E-state index < -0.39 is 0 Å². The molecule has 0 aliphatic carbocycles. The minimum Gasteiger partial charge on any atom is -0.378 e. The van der Waals surface area contributed by atoms with Gasteiger partial charge in [0.15, 0.2) is 0 Å². The third-order valence-electron chi connectivity index (χ3n) is 5.85. The van der Waals surface area contributed by atoms with Gasteiger partial charge in [0.1, 0.15) is 0 Å². The van der Waals surface area contributed by atoms with Gasteiger partial charge < -0.3 is 10.2 Å². The van der Waals surface area contributed by atoms with E-state index in [1.54, 1.807) is 0 Å². The third-order valence-corrected chi connectivity index (χ3v) is 5.85. The van der Waals surface area contributed by atoms with E-state index in [1.165, 1.54) is 5.56 Å². The fourth-order valence-electron chi connectivity index (χ4n) is 4.43. The van der Waals surface area contributed by atoms with Crippen molar-refractivity contribution in [1.82, 2.24) is 0 Å². The minimum absolute atomic E-state index is 0.120. The van der Waals surface area contributed by atoms with E-state index >= 15 is 0 Å². The van der Waals surface area contributed by atoms with Crippen molar-refractivity contribution in [2.75, 3.05) is 10.2 Å². The molecule has 4 rings (SSSR count). The van der Waals surface area contributed by atoms with Crippen LogP contribution in [0.1, 0.15) is 49.8 Å². The van der Waals surface area contributed by atoms with Crippen LogP contribution in [0.5, 0.6) is 0 Å². The zero-order valence-corrected chi connectivity index (χ0v) is 17.1. The van der Waals surface area contributed by atoms with E-state index in [2.05, 4.69) is 61.6 Å². The second kappa shape index (κ2) is 8.52. The van der Waals surface area contributed by atoms with Gasteiger partial charge in [-0.2, -0.15) is 0 Å². The molecule has 0 spiro atoms. The van der Waals surface area contributed by atoms with Gasteiger partial charge in [-0.05, 0) is 49.1 Å². The number of hydrogen-bond donors (Lipinski definition) is 1. The van der Waals surface area contributed by atoms with Crippen molar-refractivity contribution < 1.29 is 4.79 Å². The Bertz CT molecular complexity index is 955. The standard InChI is InChI=1S/C26H28N2O/c1-3-22(20-12-6-4-7-13-20)26(29)28-19(2)18-24(23-16-10-11-17-25(23)28)27-21-14-8-5-9-15-21/h4-17,19,22,24,27H,3,18H2,1-2H3/t19-,22-,24+/m1/s1. The number of benzene rings is 3. The number of carbonyl (C=O) groups is 1. The van der Waals surface area contributed by atoms with Crippen LogP contribution in [0.4, 0.5) is 11.4 Å². The number of nitrogens with one attached hydrogen (secondary N) is 1. The maximum absolute atomic E-state index is 13.7. The molecule has 0 aromatic heterocycles. The Morgan fingerprint density at radius 2 is 1.59 bits per heavy atom. The van der Waals surface area contributed by atoms with Crippen LogP contribution in [-0.4, -0.2) is 11.9 Å². The van der Waals surface area contributed by atoms with E-state index in [0.29, 0.717) is 0 Å². The SMILES string of the molecule is CC[C@@H](C(=O)N1c2ccccc2[C@@H](Nc2ccccc2)C[C@H]1C)c1ccccc1. The Morgan fingerprint density at radius 3 is 2.28 bits per heavy atom. The lowest BCUT2D eigenvalue weighted by Gasteiger charge is -2.41. The van der Waals surface area contributed by atoms with E-state index in [0.717, 1.165) is 29.8 Å². The van der Waals surface area contributed by atoms with E-state index in [9.17, 15) is 4.79 Å². The molecule has 3 heteroatoms. The maximum atomic E-state index is 13.7. The highest BCUT2D eigenvalue weighted by Crippen LogP contribution is 2.40. The van der Waals surface area contributed by atoms with Crippen LogP contribution in [0.3, 0.4) is 0 Å². The lowest BCUT2D eigenvalue weighted by atomic mass is 9.88. The Balaban J connectivity index is 1.67. The number of hydrogen-bond acceptors (Lipinski definition) is 2. The second-order valence-corrected chi connectivity index (χ2v) is 7.79. The molecule has 3 atom stereocenters. The molecule has 0 radical (unpaired) electrons. The van der Waals surface area contributed by atoms with Crippen LogP contribution in [0, 0.1) is 0 Å². The van der Waals surface area contributed by atoms with Crippen molar-refractivity contribution >= 4 is 17.3 Å². The largest absolute Gasteiger partial charge is 0.378 e. The molecular formula is C26H28N2O. The number of anilines is 2. The van der Waals surface area contributed by atoms with E-state index in [1.807, 2.05) is 47.4 Å². The molecule has 3 nitrogen and oxygen atoms in total. The number of amides is 1. The van der Waals surface area contributed by atoms with Crippen molar-refractivity contribution in [1.29, 1.82) is 0 Å². The Kier molecular flexibility index (Phi) is 5.66. The first-order valence-electron chi connectivity index (χ1n) is 10.5. The lowest BCUT2D eigenvalue weighted by Crippen LogP contribution is -2.46. The number of para-hydroxylation sites is 2. The molecule has 0 saturated carbocycles. The zero-order valence-electron chi connectivity index (χ0n) is 17.1. The van der Waals surface area contributed by atoms with Gasteiger partial charge in [0.05, 0.1) is 12.0 Å². The van der Waals surface area contributed by atoms with E-state index in [4.69, 9.17) is 0 Å². The molecule has 148 valence electrons. The van der Waals surface area contributed by atoms with Gasteiger partial charge in [-0.25, -0.2) is 0 Å². The average Bonchev–Trinajstić information content (AvgIpc) is 2.76. The summed E-state index contributed by atoms with van der Waals surface area (Å²) in [5, 5.41) is 3.66. The Labute approximate surface area is 173 Å². The van der Waals surface area contributed by atoms with Crippen molar-refractivity contribution in [3.05, 3.63) is 96.1 Å². The summed E-state index contributed by atoms with van der Waals surface area (Å²) in [7, 11) is 0. The second-order valence-electron chi connectivity index (χ2n) is 7.79. The quantitative estimate of drug-likeness (QED) is 0.571. The van der Waals surface area contributed by atoms with E-state index in [-0.39, 0.29) is 23.9 Å². The summed E-state index contributed by atoms with van der Waals surface area (Å²) in [5.74, 6) is 0.0714. The third kappa shape index (κ3) is 3.91. The van der Waals surface area contributed by atoms with Crippen LogP contribution in [0.2, 0.25) is 0 Å². The van der Waals surface area contributed by atoms with Gasteiger partial charge in [-0.15, -0.1) is 0 Å². The van der Waals surface area contributed by atoms with Crippen molar-refractivity contribution in [2.24, 2.45) is 0 Å². The monoisotopic (exact) mass is 384 g/mol. The number of rotatable bonds is 5. The molecule has 0 fully saturated rings. The molecule has 1 aliphatic heterocycles. The van der Waals surface area contributed by atoms with Gasteiger partial charge in [-0.1, -0.05) is 73.7 Å². The molecule has 1 N–H and O–H groups in total. The van der Waals surface area contributed by atoms with Crippen LogP contribution >= 0.6 is 0 Å². The molecule has 29 heavy (non-hydrogen) atoms. The Morgan fingerprint density at radius 1 is 0.966 bits per heavy atom. The predicted molar refractivity (Wildman–Crippen MR) is 120 cm³/mol. The molecule has 1 aliphatic rings. The molecule has 1 heterocycles. The first-order valence-corrected chi connectivity index (χ1v) is 10.5. The molecule has 0 saturated heterocycles. The smallest absolute Gasteiger partial charge is 0.234 e. The van der Waals surface area contributed by atoms with Crippen LogP contribution in [-0.2, 0) is 4.79 Å². The van der Waals surface area contributed by atoms with Crippen molar-refractivity contribution in [3.8, 4) is 0 Å². The fourth-order valence-corrected chi connectivity index (χ4v) is 4.43. The summed E-state index contributed by atoms with van der Waals surface area (Å²) in [6, 6.07) is 29.1. The van der Waals surface area contributed by atoms with Gasteiger partial charge in [-0.3, -0.25) is 4.79 Å². The minimum atomic E-state index is -0.120. The molecule has 0 unspecified atom stereocenters. The number of nitrogens with zero attached hydrogens (tertiary/aromatic N) is 1. The average molecular weight is 385 g/mol. The molecule has 3 aromatic carbocycles. The summed E-state index contributed by atoms with van der Waals surface area (Å²) < 4.78 is 0. The van der Waals surface area contributed by atoms with Crippen LogP contribution in [0.25, 0.3) is 0 Å². The highest BCUT2D eigenvalue weighted by Gasteiger charge is 2.36. The number of fused-ring (bicyclic) bond motifs is 1. The topological polar surface area (TPSA) is 32.3 Å². The van der Waals surface area contributed by atoms with Crippen molar-refractivity contribution in [3.63, 3.8) is 0 Å². The molecule has 0 bridgehead atoms. The van der Waals surface area contributed by atoms with Crippen LogP contribution in [0.15, 0.2) is 84.9 Å². The van der Waals surface area contributed by atoms with Gasteiger partial charge in [0.2, 0.25) is 5.91 Å². The summed E-state index contributed by atoms with van der Waals surface area (Å²) in [5.41, 5.74) is 4.41.